The Morgan fingerprint density at radius 1 is 1.62 bits per heavy atom. The smallest absolute Gasteiger partial charge is 0.300 e. The second-order valence-corrected chi connectivity index (χ2v) is 3.63. The van der Waals surface area contributed by atoms with Crippen molar-refractivity contribution >= 4 is 5.97 Å². The van der Waals surface area contributed by atoms with Gasteiger partial charge in [-0.3, -0.25) is 4.79 Å². The molecule has 1 aliphatic rings. The van der Waals surface area contributed by atoms with Gasteiger partial charge in [0.15, 0.2) is 0 Å². The molecule has 1 fully saturated rings. The van der Waals surface area contributed by atoms with Crippen LogP contribution in [0.15, 0.2) is 0 Å². The van der Waals surface area contributed by atoms with Gasteiger partial charge in [0.05, 0.1) is 0 Å². The van der Waals surface area contributed by atoms with Crippen LogP contribution >= 0.6 is 0 Å². The van der Waals surface area contributed by atoms with Crippen LogP contribution in [0.2, 0.25) is 0 Å². The Kier molecular flexibility index (Phi) is 5.66. The van der Waals surface area contributed by atoms with Crippen LogP contribution in [0.1, 0.15) is 26.7 Å². The maximum atomic E-state index is 9.00. The number of hydrogen-bond acceptors (Lipinski definition) is 3. The molecule has 3 N–H and O–H groups in total. The van der Waals surface area contributed by atoms with Crippen LogP contribution in [0.4, 0.5) is 0 Å². The second-order valence-electron chi connectivity index (χ2n) is 3.63. The van der Waals surface area contributed by atoms with Crippen molar-refractivity contribution in [2.75, 3.05) is 13.6 Å². The summed E-state index contributed by atoms with van der Waals surface area (Å²) >= 11 is 0. The van der Waals surface area contributed by atoms with Crippen LogP contribution in [-0.4, -0.2) is 41.7 Å². The molecule has 0 aromatic heterocycles. The van der Waals surface area contributed by atoms with Gasteiger partial charge in [-0.15, -0.1) is 0 Å². The Morgan fingerprint density at radius 3 is 2.38 bits per heavy atom. The van der Waals surface area contributed by atoms with Crippen LogP contribution in [0.3, 0.4) is 0 Å². The fourth-order valence-electron chi connectivity index (χ4n) is 1.33. The summed E-state index contributed by atoms with van der Waals surface area (Å²) in [6.45, 7) is 4.49. The zero-order chi connectivity index (χ0) is 10.4. The molecule has 0 bridgehead atoms. The molecule has 1 rings (SSSR count). The number of piperidine rings is 1. The van der Waals surface area contributed by atoms with Crippen LogP contribution in [0, 0.1) is 0 Å². The molecule has 1 heterocycles. The Balaban J connectivity index is 0.000000310. The predicted octanol–water partition coefficient (Wildman–Crippen LogP) is 0.519. The number of likely N-dealkylation sites (tertiary alicyclic amines) is 1. The van der Waals surface area contributed by atoms with Crippen molar-refractivity contribution in [1.82, 2.24) is 4.90 Å². The number of aliphatic carboxylic acids is 1. The fraction of sp³-hybridized carbons (Fsp3) is 0.889. The third kappa shape index (κ3) is 6.54. The van der Waals surface area contributed by atoms with Crippen molar-refractivity contribution in [2.45, 2.75) is 38.8 Å². The maximum absolute atomic E-state index is 9.00. The van der Waals surface area contributed by atoms with Crippen molar-refractivity contribution in [2.24, 2.45) is 5.73 Å². The van der Waals surface area contributed by atoms with Gasteiger partial charge in [0.1, 0.15) is 0 Å². The first-order chi connectivity index (χ1) is 5.93. The van der Waals surface area contributed by atoms with E-state index in [9.17, 15) is 0 Å². The van der Waals surface area contributed by atoms with Crippen molar-refractivity contribution < 1.29 is 9.90 Å². The average molecular weight is 188 g/mol. The molecule has 0 aromatic rings. The largest absolute Gasteiger partial charge is 0.481 e. The van der Waals surface area contributed by atoms with Crippen LogP contribution in [0.25, 0.3) is 0 Å². The lowest BCUT2D eigenvalue weighted by molar-refractivity contribution is -0.134. The molecule has 0 aromatic carbocycles. The number of nitrogens with zero attached hydrogens (tertiary/aromatic N) is 1. The van der Waals surface area contributed by atoms with Gasteiger partial charge in [0.25, 0.3) is 5.97 Å². The molecule has 0 amide bonds. The van der Waals surface area contributed by atoms with E-state index in [-0.39, 0.29) is 0 Å². The highest BCUT2D eigenvalue weighted by Crippen LogP contribution is 2.12. The molecular formula is C9H20N2O2. The lowest BCUT2D eigenvalue weighted by Crippen LogP contribution is -2.43. The minimum atomic E-state index is -0.833. The topological polar surface area (TPSA) is 66.6 Å². The average Bonchev–Trinajstić information content (AvgIpc) is 1.96. The molecular weight excluding hydrogens is 168 g/mol. The molecule has 0 spiro atoms. The quantitative estimate of drug-likeness (QED) is 0.581. The van der Waals surface area contributed by atoms with E-state index in [0.717, 1.165) is 13.3 Å². The summed E-state index contributed by atoms with van der Waals surface area (Å²) in [7, 11) is 2.16. The summed E-state index contributed by atoms with van der Waals surface area (Å²) in [5.74, 6) is -0.833. The third-order valence-corrected chi connectivity index (χ3v) is 2.25. The minimum absolute atomic E-state index is 0.455. The molecule has 78 valence electrons. The van der Waals surface area contributed by atoms with Gasteiger partial charge >= 0.3 is 0 Å². The lowest BCUT2D eigenvalue weighted by atomic mass is 10.0. The van der Waals surface area contributed by atoms with Crippen LogP contribution < -0.4 is 5.73 Å². The monoisotopic (exact) mass is 188 g/mol. The van der Waals surface area contributed by atoms with E-state index < -0.39 is 5.97 Å². The van der Waals surface area contributed by atoms with Crippen molar-refractivity contribution in [3.63, 3.8) is 0 Å². The Hall–Kier alpha value is -0.610. The predicted molar refractivity (Wildman–Crippen MR) is 52.6 cm³/mol. The van der Waals surface area contributed by atoms with Gasteiger partial charge in [-0.2, -0.15) is 0 Å². The molecule has 1 aliphatic heterocycles. The maximum Gasteiger partial charge on any atom is 0.300 e. The van der Waals surface area contributed by atoms with Crippen LogP contribution in [0.5, 0.6) is 0 Å². The molecule has 0 saturated carbocycles. The molecule has 2 atom stereocenters. The summed E-state index contributed by atoms with van der Waals surface area (Å²) in [4.78, 5) is 11.4. The highest BCUT2D eigenvalue weighted by Gasteiger charge is 2.18. The fourth-order valence-corrected chi connectivity index (χ4v) is 1.33. The number of carboxylic acid groups (broad SMARTS) is 1. The van der Waals surface area contributed by atoms with Gasteiger partial charge in [0, 0.05) is 19.0 Å². The van der Waals surface area contributed by atoms with Crippen LogP contribution in [-0.2, 0) is 4.79 Å². The van der Waals surface area contributed by atoms with Gasteiger partial charge < -0.3 is 15.7 Å². The summed E-state index contributed by atoms with van der Waals surface area (Å²) in [5, 5.41) is 7.42. The van der Waals surface area contributed by atoms with E-state index in [1.807, 2.05) is 0 Å². The van der Waals surface area contributed by atoms with Gasteiger partial charge in [-0.25, -0.2) is 0 Å². The molecule has 0 radical (unpaired) electrons. The minimum Gasteiger partial charge on any atom is -0.481 e. The summed E-state index contributed by atoms with van der Waals surface area (Å²) in [6.07, 6.45) is 2.33. The molecule has 4 nitrogen and oxygen atoms in total. The van der Waals surface area contributed by atoms with Gasteiger partial charge in [-0.1, -0.05) is 0 Å². The normalized spacial score (nSPS) is 28.9. The van der Waals surface area contributed by atoms with Gasteiger partial charge in [-0.05, 0) is 33.4 Å². The third-order valence-electron chi connectivity index (χ3n) is 2.25. The number of rotatable bonds is 0. The molecule has 2 unspecified atom stereocenters. The molecule has 13 heavy (non-hydrogen) atoms. The summed E-state index contributed by atoms with van der Waals surface area (Å²) in [6, 6.07) is 1.14. The zero-order valence-corrected chi connectivity index (χ0v) is 8.66. The number of hydrogen-bond donors (Lipinski definition) is 2. The van der Waals surface area contributed by atoms with E-state index in [0.29, 0.717) is 12.1 Å². The summed E-state index contributed by atoms with van der Waals surface area (Å²) in [5.41, 5.74) is 5.76. The van der Waals surface area contributed by atoms with E-state index in [2.05, 4.69) is 18.9 Å². The number of carbonyl (C=O) groups is 1. The first kappa shape index (κ1) is 12.4. The zero-order valence-electron chi connectivity index (χ0n) is 8.66. The Morgan fingerprint density at radius 2 is 2.08 bits per heavy atom. The standard InChI is InChI=1S/C7H16N2.C2H4O2/c1-6-5-7(8)3-4-9(6)2;1-2(3)4/h6-7H,3-5,8H2,1-2H3;1H3,(H,3,4). The van der Waals surface area contributed by atoms with E-state index >= 15 is 0 Å². The van der Waals surface area contributed by atoms with E-state index in [1.165, 1.54) is 13.0 Å². The van der Waals surface area contributed by atoms with Crippen molar-refractivity contribution in [1.29, 1.82) is 0 Å². The number of nitrogens with two attached hydrogens (primary N) is 1. The number of carboxylic acids is 1. The lowest BCUT2D eigenvalue weighted by Gasteiger charge is -2.33. The molecule has 0 aliphatic carbocycles. The summed E-state index contributed by atoms with van der Waals surface area (Å²) < 4.78 is 0. The highest BCUT2D eigenvalue weighted by atomic mass is 16.4. The highest BCUT2D eigenvalue weighted by molar-refractivity contribution is 5.62. The second kappa shape index (κ2) is 5.94. The SMILES string of the molecule is CC(=O)O.CC1CC(N)CCN1C. The van der Waals surface area contributed by atoms with E-state index in [1.54, 1.807) is 0 Å². The van der Waals surface area contributed by atoms with Gasteiger partial charge in [0.2, 0.25) is 0 Å². The van der Waals surface area contributed by atoms with E-state index in [4.69, 9.17) is 15.6 Å². The first-order valence-electron chi connectivity index (χ1n) is 4.58. The Labute approximate surface area is 79.7 Å². The van der Waals surface area contributed by atoms with Crippen molar-refractivity contribution in [3.05, 3.63) is 0 Å². The molecule has 1 saturated heterocycles. The Bertz CT molecular complexity index is 158. The first-order valence-corrected chi connectivity index (χ1v) is 4.58. The molecule has 4 heteroatoms. The van der Waals surface area contributed by atoms with Crippen molar-refractivity contribution in [3.8, 4) is 0 Å².